The molecule has 0 saturated carbocycles. The maximum absolute atomic E-state index is 14.4. The molecule has 1 aromatic carbocycles. The minimum Gasteiger partial charge on any atom is -0.497 e. The summed E-state index contributed by atoms with van der Waals surface area (Å²) in [6, 6.07) is 6.71. The highest BCUT2D eigenvalue weighted by Crippen LogP contribution is 2.64. The third kappa shape index (κ3) is 5.62. The fourth-order valence-corrected chi connectivity index (χ4v) is 3.51. The van der Waals surface area contributed by atoms with Crippen LogP contribution in [0.3, 0.4) is 0 Å². The molecule has 1 rings (SSSR count). The minimum atomic E-state index is -4.74. The minimum absolute atomic E-state index is 0.104. The van der Waals surface area contributed by atoms with Crippen LogP contribution in [0.15, 0.2) is 35.9 Å². The predicted molar refractivity (Wildman–Crippen MR) is 92.4 cm³/mol. The van der Waals surface area contributed by atoms with Crippen LogP contribution in [0.4, 0.5) is 8.78 Å². The van der Waals surface area contributed by atoms with E-state index < -0.39 is 24.8 Å². The lowest BCUT2D eigenvalue weighted by atomic mass is 10.2. The Balaban J connectivity index is 2.82. The second-order valence-electron chi connectivity index (χ2n) is 5.16. The van der Waals surface area contributed by atoms with E-state index in [2.05, 4.69) is 9.05 Å². The standard InChI is InChI=1S/C17H23F2O6P/c1-5-24-26(21,25-6-2)17(18,19)13(3)11-16(20)23-12-14-7-9-15(22-4)10-8-14/h7-11H,5-6,12H2,1-4H3/b13-11-. The fourth-order valence-electron chi connectivity index (χ4n) is 1.94. The molecule has 0 atom stereocenters. The van der Waals surface area contributed by atoms with Crippen LogP contribution >= 0.6 is 7.60 Å². The zero-order valence-electron chi connectivity index (χ0n) is 15.2. The summed E-state index contributed by atoms with van der Waals surface area (Å²) < 4.78 is 60.5. The molecule has 26 heavy (non-hydrogen) atoms. The Morgan fingerprint density at radius 3 is 2.15 bits per heavy atom. The number of benzene rings is 1. The van der Waals surface area contributed by atoms with Crippen molar-refractivity contribution in [3.63, 3.8) is 0 Å². The molecule has 0 fully saturated rings. The van der Waals surface area contributed by atoms with E-state index in [1.165, 1.54) is 21.0 Å². The molecular weight excluding hydrogens is 369 g/mol. The van der Waals surface area contributed by atoms with E-state index in [9.17, 15) is 18.1 Å². The summed E-state index contributed by atoms with van der Waals surface area (Å²) >= 11 is 0. The molecule has 1 aromatic rings. The van der Waals surface area contributed by atoms with Gasteiger partial charge in [0, 0.05) is 11.6 Å². The van der Waals surface area contributed by atoms with E-state index in [-0.39, 0.29) is 19.8 Å². The highest BCUT2D eigenvalue weighted by atomic mass is 31.2. The smallest absolute Gasteiger partial charge is 0.404 e. The van der Waals surface area contributed by atoms with Gasteiger partial charge in [0.2, 0.25) is 0 Å². The summed E-state index contributed by atoms with van der Waals surface area (Å²) in [4.78, 5) is 11.8. The van der Waals surface area contributed by atoms with Crippen LogP contribution in [0, 0.1) is 0 Å². The van der Waals surface area contributed by atoms with Crippen molar-refractivity contribution in [3.05, 3.63) is 41.5 Å². The lowest BCUT2D eigenvalue weighted by Gasteiger charge is -2.26. The van der Waals surface area contributed by atoms with Crippen molar-refractivity contribution in [2.45, 2.75) is 33.0 Å². The lowest BCUT2D eigenvalue weighted by Crippen LogP contribution is -2.23. The number of ether oxygens (including phenoxy) is 2. The van der Waals surface area contributed by atoms with Crippen molar-refractivity contribution in [2.75, 3.05) is 20.3 Å². The van der Waals surface area contributed by atoms with Crippen molar-refractivity contribution in [1.29, 1.82) is 0 Å². The largest absolute Gasteiger partial charge is 0.497 e. The van der Waals surface area contributed by atoms with Gasteiger partial charge in [0.1, 0.15) is 12.4 Å². The SMILES string of the molecule is CCOP(=O)(OCC)C(F)(F)/C(C)=C\C(=O)OCc1ccc(OC)cc1. The average molecular weight is 392 g/mol. The van der Waals surface area contributed by atoms with Crippen molar-refractivity contribution < 1.29 is 36.7 Å². The lowest BCUT2D eigenvalue weighted by molar-refractivity contribution is -0.139. The Morgan fingerprint density at radius 1 is 1.15 bits per heavy atom. The Labute approximate surface area is 151 Å². The molecule has 0 aliphatic heterocycles. The molecule has 6 nitrogen and oxygen atoms in total. The molecule has 0 bridgehead atoms. The third-order valence-corrected chi connectivity index (χ3v) is 5.53. The summed E-state index contributed by atoms with van der Waals surface area (Å²) in [6.07, 6.45) is 0.591. The molecule has 0 heterocycles. The molecule has 0 spiro atoms. The molecule has 0 aromatic heterocycles. The van der Waals surface area contributed by atoms with E-state index in [0.717, 1.165) is 6.92 Å². The number of alkyl halides is 2. The Kier molecular flexibility index (Phi) is 8.40. The highest BCUT2D eigenvalue weighted by molar-refractivity contribution is 7.55. The zero-order valence-corrected chi connectivity index (χ0v) is 16.1. The monoisotopic (exact) mass is 392 g/mol. The Hall–Kier alpha value is -1.76. The van der Waals surface area contributed by atoms with Gasteiger partial charge in [-0.1, -0.05) is 12.1 Å². The van der Waals surface area contributed by atoms with Gasteiger partial charge in [-0.25, -0.2) is 4.79 Å². The van der Waals surface area contributed by atoms with Gasteiger partial charge < -0.3 is 18.5 Å². The van der Waals surface area contributed by atoms with Crippen LogP contribution in [0.5, 0.6) is 5.75 Å². The van der Waals surface area contributed by atoms with Crippen LogP contribution < -0.4 is 4.74 Å². The topological polar surface area (TPSA) is 71.1 Å². The molecule has 0 saturated heterocycles. The van der Waals surface area contributed by atoms with Gasteiger partial charge in [-0.05, 0) is 38.5 Å². The van der Waals surface area contributed by atoms with Crippen LogP contribution in [0.2, 0.25) is 0 Å². The van der Waals surface area contributed by atoms with Gasteiger partial charge >= 0.3 is 19.2 Å². The maximum Gasteiger partial charge on any atom is 0.404 e. The van der Waals surface area contributed by atoms with E-state index in [1.54, 1.807) is 24.3 Å². The van der Waals surface area contributed by atoms with Gasteiger partial charge in [-0.2, -0.15) is 8.78 Å². The van der Waals surface area contributed by atoms with Gasteiger partial charge in [0.15, 0.2) is 0 Å². The summed E-state index contributed by atoms with van der Waals surface area (Å²) in [7, 11) is -3.22. The first kappa shape index (κ1) is 22.3. The van der Waals surface area contributed by atoms with Crippen molar-refractivity contribution in [1.82, 2.24) is 0 Å². The van der Waals surface area contributed by atoms with Crippen molar-refractivity contribution in [2.24, 2.45) is 0 Å². The Morgan fingerprint density at radius 2 is 1.69 bits per heavy atom. The normalized spacial score (nSPS) is 12.8. The second-order valence-corrected chi connectivity index (χ2v) is 7.23. The fraction of sp³-hybridized carbons (Fsp3) is 0.471. The molecule has 9 heteroatoms. The second kappa shape index (κ2) is 9.80. The number of halogens is 2. The third-order valence-electron chi connectivity index (χ3n) is 3.29. The van der Waals surface area contributed by atoms with Gasteiger partial charge in [0.05, 0.1) is 20.3 Å². The number of methoxy groups -OCH3 is 1. The molecule has 0 amide bonds. The van der Waals surface area contributed by atoms with Gasteiger partial charge in [0.25, 0.3) is 0 Å². The summed E-state index contributed by atoms with van der Waals surface area (Å²) in [5, 5.41) is 0. The van der Waals surface area contributed by atoms with E-state index in [0.29, 0.717) is 17.4 Å². The predicted octanol–water partition coefficient (Wildman–Crippen LogP) is 4.54. The number of rotatable bonds is 10. The number of carbonyl (C=O) groups excluding carboxylic acids is 1. The van der Waals surface area contributed by atoms with E-state index >= 15 is 0 Å². The van der Waals surface area contributed by atoms with E-state index in [1.807, 2.05) is 0 Å². The zero-order chi connectivity index (χ0) is 19.8. The van der Waals surface area contributed by atoms with Crippen LogP contribution in [-0.2, 0) is 29.8 Å². The first-order valence-corrected chi connectivity index (χ1v) is 9.50. The van der Waals surface area contributed by atoms with Crippen LogP contribution in [-0.4, -0.2) is 32.0 Å². The quantitative estimate of drug-likeness (QED) is 0.331. The van der Waals surface area contributed by atoms with Crippen molar-refractivity contribution >= 4 is 13.6 Å². The molecule has 0 N–H and O–H groups in total. The molecule has 0 radical (unpaired) electrons. The van der Waals surface area contributed by atoms with Crippen molar-refractivity contribution in [3.8, 4) is 5.75 Å². The summed E-state index contributed by atoms with van der Waals surface area (Å²) in [6.45, 7) is 3.27. The van der Waals surface area contributed by atoms with Crippen LogP contribution in [0.25, 0.3) is 0 Å². The molecule has 0 unspecified atom stereocenters. The molecule has 0 aliphatic carbocycles. The van der Waals surface area contributed by atoms with Gasteiger partial charge in [-0.3, -0.25) is 4.57 Å². The Bertz CT molecular complexity index is 662. The van der Waals surface area contributed by atoms with Gasteiger partial charge in [-0.15, -0.1) is 0 Å². The average Bonchev–Trinajstić information content (AvgIpc) is 2.60. The highest BCUT2D eigenvalue weighted by Gasteiger charge is 2.54. The van der Waals surface area contributed by atoms with E-state index in [4.69, 9.17) is 9.47 Å². The summed E-state index contributed by atoms with van der Waals surface area (Å²) in [5.41, 5.74) is -4.05. The number of allylic oxidation sites excluding steroid dienone is 1. The first-order chi connectivity index (χ1) is 12.2. The maximum atomic E-state index is 14.4. The number of carbonyl (C=O) groups is 1. The first-order valence-electron chi connectivity index (χ1n) is 7.95. The molecule has 146 valence electrons. The number of esters is 1. The number of hydrogen-bond donors (Lipinski definition) is 0. The summed E-state index contributed by atoms with van der Waals surface area (Å²) in [5.74, 6) is -0.351. The molecule has 0 aliphatic rings. The van der Waals surface area contributed by atoms with Crippen LogP contribution in [0.1, 0.15) is 26.3 Å². The molecular formula is C17H23F2O6P. The number of hydrogen-bond acceptors (Lipinski definition) is 6.